The lowest BCUT2D eigenvalue weighted by Crippen LogP contribution is -2.33. The van der Waals surface area contributed by atoms with Gasteiger partial charge in [0.05, 0.1) is 0 Å². The monoisotopic (exact) mass is 340 g/mol. The van der Waals surface area contributed by atoms with Gasteiger partial charge in [0.2, 0.25) is 0 Å². The molecule has 0 bridgehead atoms. The Hall–Kier alpha value is -1.77. The molecule has 0 amide bonds. The van der Waals surface area contributed by atoms with Crippen LogP contribution in [0.15, 0.2) is 43.1 Å². The SMILES string of the molecule is C=C/C=c1/c(C2CCN(C)CC2)cn(-c2ccc(Cl)cc2)/c1=C/C. The molecule has 0 unspecified atom stereocenters. The fourth-order valence-electron chi connectivity index (χ4n) is 3.61. The van der Waals surface area contributed by atoms with Crippen LogP contribution in [0.4, 0.5) is 0 Å². The Morgan fingerprint density at radius 1 is 1.17 bits per heavy atom. The van der Waals surface area contributed by atoms with Crippen molar-refractivity contribution in [3.05, 3.63) is 64.3 Å². The van der Waals surface area contributed by atoms with E-state index in [1.807, 2.05) is 18.2 Å². The van der Waals surface area contributed by atoms with Crippen LogP contribution in [0.3, 0.4) is 0 Å². The topological polar surface area (TPSA) is 8.17 Å². The molecule has 2 aromatic rings. The molecular weight excluding hydrogens is 316 g/mol. The van der Waals surface area contributed by atoms with Gasteiger partial charge in [-0.15, -0.1) is 0 Å². The second-order valence-electron chi connectivity index (χ2n) is 6.50. The van der Waals surface area contributed by atoms with Gasteiger partial charge in [-0.2, -0.15) is 0 Å². The number of likely N-dealkylation sites (tertiary alicyclic amines) is 1. The predicted molar refractivity (Wildman–Crippen MR) is 104 cm³/mol. The first-order chi connectivity index (χ1) is 11.6. The molecule has 1 aliphatic heterocycles. The lowest BCUT2D eigenvalue weighted by atomic mass is 9.90. The van der Waals surface area contributed by atoms with Crippen molar-refractivity contribution in [2.75, 3.05) is 20.1 Å². The van der Waals surface area contributed by atoms with Crippen molar-refractivity contribution in [3.63, 3.8) is 0 Å². The average molecular weight is 341 g/mol. The second kappa shape index (κ2) is 7.42. The minimum atomic E-state index is 0.611. The summed E-state index contributed by atoms with van der Waals surface area (Å²) in [5, 5.41) is 3.30. The maximum Gasteiger partial charge on any atom is 0.0488 e. The van der Waals surface area contributed by atoms with E-state index in [0.29, 0.717) is 5.92 Å². The summed E-state index contributed by atoms with van der Waals surface area (Å²) in [6, 6.07) is 8.04. The quantitative estimate of drug-likeness (QED) is 0.827. The largest absolute Gasteiger partial charge is 0.317 e. The molecule has 0 saturated carbocycles. The number of aromatic nitrogens is 1. The molecule has 2 heterocycles. The van der Waals surface area contributed by atoms with E-state index in [0.717, 1.165) is 23.8 Å². The molecule has 1 saturated heterocycles. The number of nitrogens with zero attached hydrogens (tertiary/aromatic N) is 2. The van der Waals surface area contributed by atoms with Gasteiger partial charge < -0.3 is 9.47 Å². The third-order valence-electron chi connectivity index (χ3n) is 4.94. The number of hydrogen-bond donors (Lipinski definition) is 0. The molecule has 0 radical (unpaired) electrons. The molecule has 3 heteroatoms. The Morgan fingerprint density at radius 2 is 1.83 bits per heavy atom. The summed E-state index contributed by atoms with van der Waals surface area (Å²) in [4.78, 5) is 2.41. The Labute approximate surface area is 149 Å². The van der Waals surface area contributed by atoms with Crippen LogP contribution in [-0.2, 0) is 0 Å². The van der Waals surface area contributed by atoms with E-state index in [4.69, 9.17) is 11.6 Å². The van der Waals surface area contributed by atoms with Crippen molar-refractivity contribution in [3.8, 4) is 5.69 Å². The fourth-order valence-corrected chi connectivity index (χ4v) is 3.74. The third kappa shape index (κ3) is 3.35. The highest BCUT2D eigenvalue weighted by Crippen LogP contribution is 2.25. The molecule has 0 atom stereocenters. The minimum Gasteiger partial charge on any atom is -0.317 e. The molecule has 1 aromatic heterocycles. The molecule has 3 rings (SSSR count). The number of hydrogen-bond acceptors (Lipinski definition) is 1. The number of benzene rings is 1. The van der Waals surface area contributed by atoms with Gasteiger partial charge in [-0.1, -0.05) is 36.4 Å². The second-order valence-corrected chi connectivity index (χ2v) is 6.93. The van der Waals surface area contributed by atoms with Gasteiger partial charge in [0, 0.05) is 27.5 Å². The molecule has 1 aliphatic rings. The standard InChI is InChI=1S/C21H25ClN2/c1-4-6-19-20(16-11-13-23(3)14-12-16)15-24(21(19)5-2)18-9-7-17(22)8-10-18/h4-10,15-16H,1,11-14H2,2-3H3/b19-6-,21-5+. The fraction of sp³-hybridized carbons (Fsp3) is 0.333. The van der Waals surface area contributed by atoms with E-state index >= 15 is 0 Å². The maximum absolute atomic E-state index is 6.05. The Morgan fingerprint density at radius 3 is 2.42 bits per heavy atom. The van der Waals surface area contributed by atoms with Crippen LogP contribution in [-0.4, -0.2) is 29.6 Å². The third-order valence-corrected chi connectivity index (χ3v) is 5.19. The van der Waals surface area contributed by atoms with Crippen molar-refractivity contribution in [1.82, 2.24) is 9.47 Å². The zero-order valence-corrected chi connectivity index (χ0v) is 15.3. The molecular formula is C21H25ClN2. The van der Waals surface area contributed by atoms with Crippen molar-refractivity contribution in [1.29, 1.82) is 0 Å². The number of piperidine rings is 1. The van der Waals surface area contributed by atoms with Crippen LogP contribution < -0.4 is 10.6 Å². The number of halogens is 1. The van der Waals surface area contributed by atoms with Crippen LogP contribution in [0.25, 0.3) is 17.8 Å². The van der Waals surface area contributed by atoms with Crippen LogP contribution in [0.5, 0.6) is 0 Å². The van der Waals surface area contributed by atoms with E-state index in [-0.39, 0.29) is 0 Å². The highest BCUT2D eigenvalue weighted by molar-refractivity contribution is 6.30. The zero-order chi connectivity index (χ0) is 17.1. The van der Waals surface area contributed by atoms with Crippen LogP contribution in [0.1, 0.15) is 31.2 Å². The summed E-state index contributed by atoms with van der Waals surface area (Å²) in [5.41, 5.74) is 2.58. The van der Waals surface area contributed by atoms with E-state index in [1.54, 1.807) is 0 Å². The van der Waals surface area contributed by atoms with Gasteiger partial charge >= 0.3 is 0 Å². The van der Waals surface area contributed by atoms with Crippen LogP contribution in [0.2, 0.25) is 5.02 Å². The van der Waals surface area contributed by atoms with E-state index in [2.05, 4.69) is 60.5 Å². The smallest absolute Gasteiger partial charge is 0.0488 e. The van der Waals surface area contributed by atoms with Crippen molar-refractivity contribution in [2.24, 2.45) is 0 Å². The lowest BCUT2D eigenvalue weighted by Gasteiger charge is -2.28. The van der Waals surface area contributed by atoms with Crippen molar-refractivity contribution >= 4 is 23.8 Å². The minimum absolute atomic E-state index is 0.611. The Bertz CT molecular complexity index is 822. The molecule has 126 valence electrons. The van der Waals surface area contributed by atoms with E-state index in [9.17, 15) is 0 Å². The van der Waals surface area contributed by atoms with Gasteiger partial charge in [-0.3, -0.25) is 0 Å². The molecule has 0 aliphatic carbocycles. The van der Waals surface area contributed by atoms with Crippen molar-refractivity contribution in [2.45, 2.75) is 25.7 Å². The van der Waals surface area contributed by atoms with E-state index in [1.165, 1.54) is 29.0 Å². The van der Waals surface area contributed by atoms with Gasteiger partial charge in [-0.25, -0.2) is 0 Å². The summed E-state index contributed by atoms with van der Waals surface area (Å²) in [6.45, 7) is 8.34. The summed E-state index contributed by atoms with van der Waals surface area (Å²) in [7, 11) is 2.21. The number of rotatable bonds is 3. The van der Waals surface area contributed by atoms with Gasteiger partial charge in [0.15, 0.2) is 0 Å². The summed E-state index contributed by atoms with van der Waals surface area (Å²) < 4.78 is 2.28. The molecule has 24 heavy (non-hydrogen) atoms. The average Bonchev–Trinajstić information content (AvgIpc) is 2.95. The maximum atomic E-state index is 6.05. The molecule has 1 fully saturated rings. The Balaban J connectivity index is 2.14. The van der Waals surface area contributed by atoms with Gasteiger partial charge in [-0.05, 0) is 75.6 Å². The molecule has 1 aromatic carbocycles. The first kappa shape index (κ1) is 17.1. The molecule has 0 spiro atoms. The first-order valence-electron chi connectivity index (χ1n) is 8.59. The highest BCUT2D eigenvalue weighted by Gasteiger charge is 2.21. The Kier molecular flexibility index (Phi) is 5.27. The van der Waals surface area contributed by atoms with Crippen LogP contribution in [0, 0.1) is 0 Å². The lowest BCUT2D eigenvalue weighted by molar-refractivity contribution is 0.255. The van der Waals surface area contributed by atoms with Crippen LogP contribution >= 0.6 is 11.6 Å². The molecule has 0 N–H and O–H groups in total. The van der Waals surface area contributed by atoms with Gasteiger partial charge in [0.25, 0.3) is 0 Å². The molecule has 2 nitrogen and oxygen atoms in total. The first-order valence-corrected chi connectivity index (χ1v) is 8.96. The van der Waals surface area contributed by atoms with Gasteiger partial charge in [0.1, 0.15) is 0 Å². The van der Waals surface area contributed by atoms with Crippen molar-refractivity contribution < 1.29 is 0 Å². The summed E-state index contributed by atoms with van der Waals surface area (Å²) in [5.74, 6) is 0.611. The predicted octanol–water partition coefficient (Wildman–Crippen LogP) is 3.71. The highest BCUT2D eigenvalue weighted by atomic mass is 35.5. The summed E-state index contributed by atoms with van der Waals surface area (Å²) >= 11 is 6.05. The summed E-state index contributed by atoms with van der Waals surface area (Å²) in [6.07, 6.45) is 11.0. The number of allylic oxidation sites excluding steroid dienone is 1. The van der Waals surface area contributed by atoms with E-state index < -0.39 is 0 Å². The normalized spacial score (nSPS) is 18.3. The zero-order valence-electron chi connectivity index (χ0n) is 14.5.